The average Bonchev–Trinajstić information content (AvgIpc) is 3.07. The van der Waals surface area contributed by atoms with E-state index in [9.17, 15) is 13.2 Å². The number of halogens is 3. The number of aromatic nitrogens is 1. The molecule has 1 aliphatic rings. The lowest BCUT2D eigenvalue weighted by molar-refractivity contribution is -0.194. The van der Waals surface area contributed by atoms with Gasteiger partial charge in [0.15, 0.2) is 0 Å². The van der Waals surface area contributed by atoms with E-state index in [1.165, 1.54) is 18.3 Å². The number of ether oxygens (including phenoxy) is 1. The van der Waals surface area contributed by atoms with Gasteiger partial charge in [0, 0.05) is 6.20 Å². The van der Waals surface area contributed by atoms with Gasteiger partial charge in [0.25, 0.3) is 0 Å². The van der Waals surface area contributed by atoms with Crippen LogP contribution >= 0.6 is 0 Å². The first-order valence-corrected chi connectivity index (χ1v) is 5.03. The molecule has 1 aromatic rings. The molecule has 0 unspecified atom stereocenters. The van der Waals surface area contributed by atoms with Gasteiger partial charge in [-0.15, -0.1) is 0 Å². The average molecular weight is 242 g/mol. The standard InChI is InChI=1S/C11H9F3N2O/c12-11(13,14)10(3-4-10)7-17-9-8(6-15)2-1-5-16-9/h1-2,5H,3-4,7H2. The summed E-state index contributed by atoms with van der Waals surface area (Å²) in [5.41, 5.74) is -1.59. The third-order valence-electron chi connectivity index (χ3n) is 2.83. The lowest BCUT2D eigenvalue weighted by Crippen LogP contribution is -2.30. The summed E-state index contributed by atoms with van der Waals surface area (Å²) in [5.74, 6) is -0.0366. The highest BCUT2D eigenvalue weighted by Crippen LogP contribution is 2.57. The number of pyridine rings is 1. The predicted molar refractivity (Wildman–Crippen MR) is 52.2 cm³/mol. The van der Waals surface area contributed by atoms with Gasteiger partial charge in [-0.1, -0.05) is 0 Å². The molecule has 0 amide bonds. The molecule has 0 atom stereocenters. The Hall–Kier alpha value is -1.77. The Morgan fingerprint density at radius 3 is 2.71 bits per heavy atom. The Bertz CT molecular complexity index is 461. The molecule has 0 aromatic carbocycles. The molecule has 0 bridgehead atoms. The van der Waals surface area contributed by atoms with E-state index in [0.717, 1.165) is 0 Å². The quantitative estimate of drug-likeness (QED) is 0.818. The summed E-state index contributed by atoms with van der Waals surface area (Å²) in [4.78, 5) is 3.75. The van der Waals surface area contributed by atoms with Crippen LogP contribution in [0.5, 0.6) is 5.88 Å². The zero-order chi connectivity index (χ0) is 12.5. The molecule has 0 aliphatic heterocycles. The van der Waals surface area contributed by atoms with Gasteiger partial charge in [-0.3, -0.25) is 0 Å². The van der Waals surface area contributed by atoms with Gasteiger partial charge in [-0.25, -0.2) is 4.98 Å². The maximum Gasteiger partial charge on any atom is 0.397 e. The van der Waals surface area contributed by atoms with Crippen LogP contribution < -0.4 is 4.74 Å². The molecule has 1 aromatic heterocycles. The van der Waals surface area contributed by atoms with Crippen LogP contribution in [0.1, 0.15) is 18.4 Å². The largest absolute Gasteiger partial charge is 0.476 e. The van der Waals surface area contributed by atoms with Crippen LogP contribution in [0.2, 0.25) is 0 Å². The van der Waals surface area contributed by atoms with E-state index in [-0.39, 0.29) is 24.3 Å². The molecule has 1 heterocycles. The van der Waals surface area contributed by atoms with Crippen LogP contribution in [0.4, 0.5) is 13.2 Å². The third kappa shape index (κ3) is 2.18. The Morgan fingerprint density at radius 1 is 1.47 bits per heavy atom. The first-order valence-electron chi connectivity index (χ1n) is 5.03. The molecule has 3 nitrogen and oxygen atoms in total. The van der Waals surface area contributed by atoms with Crippen molar-refractivity contribution >= 4 is 0 Å². The van der Waals surface area contributed by atoms with Gasteiger partial charge >= 0.3 is 6.18 Å². The zero-order valence-corrected chi connectivity index (χ0v) is 8.79. The second-order valence-electron chi connectivity index (χ2n) is 4.03. The van der Waals surface area contributed by atoms with Gasteiger partial charge in [0.05, 0.1) is 0 Å². The molecule has 17 heavy (non-hydrogen) atoms. The summed E-state index contributed by atoms with van der Waals surface area (Å²) >= 11 is 0. The minimum absolute atomic E-state index is 0.0366. The normalized spacial score (nSPS) is 17.3. The van der Waals surface area contributed by atoms with Crippen LogP contribution in [0, 0.1) is 16.7 Å². The van der Waals surface area contributed by atoms with Crippen molar-refractivity contribution in [2.24, 2.45) is 5.41 Å². The van der Waals surface area contributed by atoms with Crippen LogP contribution in [0.3, 0.4) is 0 Å². The van der Waals surface area contributed by atoms with Crippen molar-refractivity contribution in [3.63, 3.8) is 0 Å². The van der Waals surface area contributed by atoms with Crippen molar-refractivity contribution in [3.8, 4) is 11.9 Å². The number of nitriles is 1. The van der Waals surface area contributed by atoms with Crippen molar-refractivity contribution in [3.05, 3.63) is 23.9 Å². The fourth-order valence-electron chi connectivity index (χ4n) is 1.46. The fourth-order valence-corrected chi connectivity index (χ4v) is 1.46. The van der Waals surface area contributed by atoms with Gasteiger partial charge in [-0.2, -0.15) is 18.4 Å². The monoisotopic (exact) mass is 242 g/mol. The number of hydrogen-bond acceptors (Lipinski definition) is 3. The molecule has 0 spiro atoms. The third-order valence-corrected chi connectivity index (χ3v) is 2.83. The van der Waals surface area contributed by atoms with E-state index >= 15 is 0 Å². The van der Waals surface area contributed by atoms with Crippen LogP contribution in [-0.2, 0) is 0 Å². The van der Waals surface area contributed by atoms with Gasteiger partial charge in [0.1, 0.15) is 23.7 Å². The van der Waals surface area contributed by atoms with E-state index < -0.39 is 18.2 Å². The molecule has 2 rings (SSSR count). The summed E-state index contributed by atoms with van der Waals surface area (Å²) < 4.78 is 42.9. The Kier molecular flexibility index (Phi) is 2.69. The van der Waals surface area contributed by atoms with Crippen molar-refractivity contribution in [1.29, 1.82) is 5.26 Å². The summed E-state index contributed by atoms with van der Waals surface area (Å²) in [6, 6.07) is 4.81. The predicted octanol–water partition coefficient (Wildman–Crippen LogP) is 2.67. The minimum atomic E-state index is -4.26. The van der Waals surface area contributed by atoms with Crippen LogP contribution in [0.25, 0.3) is 0 Å². The summed E-state index contributed by atoms with van der Waals surface area (Å²) in [6.45, 7) is -0.470. The summed E-state index contributed by atoms with van der Waals surface area (Å²) in [6.07, 6.45) is -2.73. The lowest BCUT2D eigenvalue weighted by Gasteiger charge is -2.19. The highest BCUT2D eigenvalue weighted by molar-refractivity contribution is 5.37. The van der Waals surface area contributed by atoms with Crippen molar-refractivity contribution < 1.29 is 17.9 Å². The maximum atomic E-state index is 12.6. The molecular formula is C11H9F3N2O. The second-order valence-corrected chi connectivity index (χ2v) is 4.03. The SMILES string of the molecule is N#Cc1cccnc1OCC1(C(F)(F)F)CC1. The zero-order valence-electron chi connectivity index (χ0n) is 8.79. The number of nitrogens with zero attached hydrogens (tertiary/aromatic N) is 2. The van der Waals surface area contributed by atoms with E-state index in [1.54, 1.807) is 0 Å². The van der Waals surface area contributed by atoms with E-state index in [4.69, 9.17) is 10.00 Å². The van der Waals surface area contributed by atoms with Crippen molar-refractivity contribution in [2.45, 2.75) is 19.0 Å². The fraction of sp³-hybridized carbons (Fsp3) is 0.455. The van der Waals surface area contributed by atoms with Crippen LogP contribution in [-0.4, -0.2) is 17.8 Å². The van der Waals surface area contributed by atoms with Gasteiger partial charge < -0.3 is 4.74 Å². The molecular weight excluding hydrogens is 233 g/mol. The highest BCUT2D eigenvalue weighted by atomic mass is 19.4. The maximum absolute atomic E-state index is 12.6. The van der Waals surface area contributed by atoms with Gasteiger partial charge in [0.2, 0.25) is 5.88 Å². The number of alkyl halides is 3. The first-order chi connectivity index (χ1) is 7.98. The topological polar surface area (TPSA) is 45.9 Å². The molecule has 1 saturated carbocycles. The van der Waals surface area contributed by atoms with E-state index in [2.05, 4.69) is 4.98 Å². The van der Waals surface area contributed by atoms with E-state index in [0.29, 0.717) is 0 Å². The molecule has 1 fully saturated rings. The smallest absolute Gasteiger partial charge is 0.397 e. The minimum Gasteiger partial charge on any atom is -0.476 e. The molecule has 0 saturated heterocycles. The molecule has 0 N–H and O–H groups in total. The molecule has 0 radical (unpaired) electrons. The summed E-state index contributed by atoms with van der Waals surface area (Å²) in [5, 5.41) is 8.73. The Balaban J connectivity index is 2.07. The van der Waals surface area contributed by atoms with Crippen LogP contribution in [0.15, 0.2) is 18.3 Å². The number of rotatable bonds is 3. The number of hydrogen-bond donors (Lipinski definition) is 0. The summed E-state index contributed by atoms with van der Waals surface area (Å²) in [7, 11) is 0. The van der Waals surface area contributed by atoms with Gasteiger partial charge in [-0.05, 0) is 25.0 Å². The Morgan fingerprint density at radius 2 is 2.18 bits per heavy atom. The molecule has 6 heteroatoms. The van der Waals surface area contributed by atoms with Crippen molar-refractivity contribution in [2.75, 3.05) is 6.61 Å². The first kappa shape index (κ1) is 11.7. The van der Waals surface area contributed by atoms with Crippen molar-refractivity contribution in [1.82, 2.24) is 4.98 Å². The Labute approximate surface area is 95.8 Å². The lowest BCUT2D eigenvalue weighted by atomic mass is 10.1. The second kappa shape index (κ2) is 3.91. The highest BCUT2D eigenvalue weighted by Gasteiger charge is 2.64. The molecule has 90 valence electrons. The molecule has 1 aliphatic carbocycles. The van der Waals surface area contributed by atoms with E-state index in [1.807, 2.05) is 6.07 Å².